The van der Waals surface area contributed by atoms with Crippen LogP contribution in [0.25, 0.3) is 0 Å². The van der Waals surface area contributed by atoms with Crippen LogP contribution in [0.15, 0.2) is 36.4 Å². The first kappa shape index (κ1) is 13.3. The molecule has 19 heavy (non-hydrogen) atoms. The summed E-state index contributed by atoms with van der Waals surface area (Å²) in [6.45, 7) is 4.46. The van der Waals surface area contributed by atoms with Crippen LogP contribution >= 0.6 is 0 Å². The fourth-order valence-corrected chi connectivity index (χ4v) is 1.89. The van der Waals surface area contributed by atoms with E-state index in [9.17, 15) is 4.79 Å². The molecule has 2 rings (SSSR count). The van der Waals surface area contributed by atoms with Gasteiger partial charge in [0.25, 0.3) is 0 Å². The number of H-pyrrole nitrogens is 1. The standard InChI is InChI=1S/C15H19N3O/c1-11(2)15(19)14-9-12(16-17-14)10-18(3)13-7-5-4-6-8-13/h4-9,11H,10H2,1-3H3,(H,16,17). The van der Waals surface area contributed by atoms with Gasteiger partial charge in [0.1, 0.15) is 5.69 Å². The Labute approximate surface area is 113 Å². The first-order valence-electron chi connectivity index (χ1n) is 6.42. The maximum Gasteiger partial charge on any atom is 0.185 e. The lowest BCUT2D eigenvalue weighted by Gasteiger charge is -2.17. The van der Waals surface area contributed by atoms with E-state index in [0.29, 0.717) is 12.2 Å². The summed E-state index contributed by atoms with van der Waals surface area (Å²) in [5, 5.41) is 7.01. The highest BCUT2D eigenvalue weighted by Crippen LogP contribution is 2.14. The normalized spacial score (nSPS) is 10.7. The Balaban J connectivity index is 2.06. The van der Waals surface area contributed by atoms with E-state index in [1.54, 1.807) is 0 Å². The van der Waals surface area contributed by atoms with Crippen LogP contribution < -0.4 is 4.90 Å². The minimum absolute atomic E-state index is 0.0250. The lowest BCUT2D eigenvalue weighted by Crippen LogP contribution is -2.16. The van der Waals surface area contributed by atoms with Gasteiger partial charge in [0.05, 0.1) is 12.2 Å². The van der Waals surface area contributed by atoms with E-state index >= 15 is 0 Å². The van der Waals surface area contributed by atoms with Crippen molar-refractivity contribution < 1.29 is 4.79 Å². The van der Waals surface area contributed by atoms with Crippen molar-refractivity contribution in [1.82, 2.24) is 10.2 Å². The van der Waals surface area contributed by atoms with E-state index < -0.39 is 0 Å². The van der Waals surface area contributed by atoms with E-state index in [0.717, 1.165) is 11.4 Å². The number of aromatic amines is 1. The second kappa shape index (κ2) is 5.69. The Morgan fingerprint density at radius 3 is 2.63 bits per heavy atom. The molecule has 0 aliphatic heterocycles. The fourth-order valence-electron chi connectivity index (χ4n) is 1.89. The van der Waals surface area contributed by atoms with Crippen molar-refractivity contribution in [2.45, 2.75) is 20.4 Å². The minimum Gasteiger partial charge on any atom is -0.369 e. The summed E-state index contributed by atoms with van der Waals surface area (Å²) in [5.41, 5.74) is 2.59. The molecule has 0 amide bonds. The molecule has 0 saturated heterocycles. The maximum atomic E-state index is 11.8. The molecule has 1 N–H and O–H groups in total. The number of aromatic nitrogens is 2. The zero-order valence-electron chi connectivity index (χ0n) is 11.6. The van der Waals surface area contributed by atoms with Crippen LogP contribution in [0, 0.1) is 5.92 Å². The van der Waals surface area contributed by atoms with Crippen molar-refractivity contribution in [3.05, 3.63) is 47.8 Å². The molecule has 4 nitrogen and oxygen atoms in total. The topological polar surface area (TPSA) is 49.0 Å². The van der Waals surface area contributed by atoms with Crippen molar-refractivity contribution in [2.75, 3.05) is 11.9 Å². The van der Waals surface area contributed by atoms with Crippen molar-refractivity contribution >= 4 is 11.5 Å². The Kier molecular flexibility index (Phi) is 4.00. The van der Waals surface area contributed by atoms with Gasteiger partial charge in [-0.25, -0.2) is 0 Å². The van der Waals surface area contributed by atoms with E-state index in [-0.39, 0.29) is 11.7 Å². The third-order valence-corrected chi connectivity index (χ3v) is 3.01. The highest BCUT2D eigenvalue weighted by Gasteiger charge is 2.14. The van der Waals surface area contributed by atoms with Gasteiger partial charge < -0.3 is 4.90 Å². The van der Waals surface area contributed by atoms with Gasteiger partial charge in [-0.3, -0.25) is 9.89 Å². The summed E-state index contributed by atoms with van der Waals surface area (Å²) in [4.78, 5) is 13.9. The number of hydrogen-bond acceptors (Lipinski definition) is 3. The predicted octanol–water partition coefficient (Wildman–Crippen LogP) is 2.88. The monoisotopic (exact) mass is 257 g/mol. The Bertz CT molecular complexity index is 546. The molecule has 0 aliphatic rings. The zero-order chi connectivity index (χ0) is 13.8. The number of nitrogens with one attached hydrogen (secondary N) is 1. The molecular formula is C15H19N3O. The van der Waals surface area contributed by atoms with Crippen LogP contribution in [0.3, 0.4) is 0 Å². The fraction of sp³-hybridized carbons (Fsp3) is 0.333. The number of carbonyl (C=O) groups excluding carboxylic acids is 1. The molecule has 100 valence electrons. The van der Waals surface area contributed by atoms with Gasteiger partial charge in [0.2, 0.25) is 0 Å². The molecule has 4 heteroatoms. The first-order valence-corrected chi connectivity index (χ1v) is 6.42. The van der Waals surface area contributed by atoms with Gasteiger partial charge in [-0.05, 0) is 18.2 Å². The molecule has 1 aromatic carbocycles. The second-order valence-corrected chi connectivity index (χ2v) is 4.99. The molecule has 0 atom stereocenters. The lowest BCUT2D eigenvalue weighted by molar-refractivity contribution is 0.0934. The molecule has 0 spiro atoms. The van der Waals surface area contributed by atoms with Crippen molar-refractivity contribution in [3.63, 3.8) is 0 Å². The summed E-state index contributed by atoms with van der Waals surface area (Å²) < 4.78 is 0. The third-order valence-electron chi connectivity index (χ3n) is 3.01. The van der Waals surface area contributed by atoms with Crippen LogP contribution in [0.4, 0.5) is 5.69 Å². The quantitative estimate of drug-likeness (QED) is 0.838. The second-order valence-electron chi connectivity index (χ2n) is 4.99. The number of carbonyl (C=O) groups is 1. The molecule has 0 fully saturated rings. The van der Waals surface area contributed by atoms with Crippen molar-refractivity contribution in [2.24, 2.45) is 5.92 Å². The lowest BCUT2D eigenvalue weighted by atomic mass is 10.1. The molecule has 1 heterocycles. The average Bonchev–Trinajstić information content (AvgIpc) is 2.87. The largest absolute Gasteiger partial charge is 0.369 e. The number of rotatable bonds is 5. The number of Topliss-reactive ketones (excluding diaryl/α,β-unsaturated/α-hetero) is 1. The zero-order valence-corrected chi connectivity index (χ0v) is 11.6. The number of ketones is 1. The van der Waals surface area contributed by atoms with E-state index in [1.165, 1.54) is 0 Å². The van der Waals surface area contributed by atoms with Crippen LogP contribution in [0.1, 0.15) is 30.0 Å². The third kappa shape index (κ3) is 3.22. The van der Waals surface area contributed by atoms with E-state index in [2.05, 4.69) is 27.2 Å². The van der Waals surface area contributed by atoms with Gasteiger partial charge >= 0.3 is 0 Å². The highest BCUT2D eigenvalue weighted by molar-refractivity contribution is 5.95. The number of para-hydroxylation sites is 1. The summed E-state index contributed by atoms with van der Waals surface area (Å²) in [6.07, 6.45) is 0. The molecule has 0 saturated carbocycles. The Morgan fingerprint density at radius 2 is 2.00 bits per heavy atom. The van der Waals surface area contributed by atoms with Crippen LogP contribution in [0.2, 0.25) is 0 Å². The van der Waals surface area contributed by atoms with E-state index in [4.69, 9.17) is 0 Å². The molecule has 1 aromatic heterocycles. The minimum atomic E-state index is -0.0250. The summed E-state index contributed by atoms with van der Waals surface area (Å²) in [5.74, 6) is 0.0490. The summed E-state index contributed by atoms with van der Waals surface area (Å²) in [6, 6.07) is 11.9. The maximum absolute atomic E-state index is 11.8. The summed E-state index contributed by atoms with van der Waals surface area (Å²) in [7, 11) is 2.01. The van der Waals surface area contributed by atoms with Crippen molar-refractivity contribution in [3.8, 4) is 0 Å². The predicted molar refractivity (Wildman–Crippen MR) is 76.3 cm³/mol. The number of anilines is 1. The SMILES string of the molecule is CC(C)C(=O)c1cc(CN(C)c2ccccc2)[nH]n1. The molecule has 0 bridgehead atoms. The van der Waals surface area contributed by atoms with Crippen LogP contribution in [-0.4, -0.2) is 23.0 Å². The van der Waals surface area contributed by atoms with Gasteiger partial charge in [-0.1, -0.05) is 32.0 Å². The molecule has 2 aromatic rings. The molecule has 0 aliphatic carbocycles. The van der Waals surface area contributed by atoms with Crippen LogP contribution in [-0.2, 0) is 6.54 Å². The first-order chi connectivity index (χ1) is 9.08. The average molecular weight is 257 g/mol. The van der Waals surface area contributed by atoms with Gasteiger partial charge in [-0.15, -0.1) is 0 Å². The highest BCUT2D eigenvalue weighted by atomic mass is 16.1. The molecule has 0 radical (unpaired) electrons. The van der Waals surface area contributed by atoms with Gasteiger partial charge in [-0.2, -0.15) is 5.10 Å². The summed E-state index contributed by atoms with van der Waals surface area (Å²) >= 11 is 0. The smallest absolute Gasteiger partial charge is 0.185 e. The molecule has 0 unspecified atom stereocenters. The number of nitrogens with zero attached hydrogens (tertiary/aromatic N) is 2. The van der Waals surface area contributed by atoms with Crippen molar-refractivity contribution in [1.29, 1.82) is 0 Å². The Hall–Kier alpha value is -2.10. The number of benzene rings is 1. The Morgan fingerprint density at radius 1 is 1.32 bits per heavy atom. The molecular weight excluding hydrogens is 238 g/mol. The number of hydrogen-bond donors (Lipinski definition) is 1. The van der Waals surface area contributed by atoms with Gasteiger partial charge in [0.15, 0.2) is 5.78 Å². The van der Waals surface area contributed by atoms with E-state index in [1.807, 2.05) is 45.2 Å². The van der Waals surface area contributed by atoms with Gasteiger partial charge in [0, 0.05) is 18.7 Å². The van der Waals surface area contributed by atoms with Crippen LogP contribution in [0.5, 0.6) is 0 Å².